The zero-order chi connectivity index (χ0) is 39.6. The highest BCUT2D eigenvalue weighted by molar-refractivity contribution is 6.07. The highest BCUT2D eigenvalue weighted by Gasteiger charge is 2.40. The fraction of sp³-hybridized carbons (Fsp3) is 0.525. The molecule has 4 aliphatic rings. The first-order chi connectivity index (χ1) is 27.2. The average molecular weight is 774 g/mol. The van der Waals surface area contributed by atoms with Crippen molar-refractivity contribution in [1.29, 1.82) is 0 Å². The molecule has 4 heterocycles. The van der Waals surface area contributed by atoms with Gasteiger partial charge in [0.2, 0.25) is 5.91 Å². The lowest BCUT2D eigenvalue weighted by Crippen LogP contribution is -2.42. The number of azide groups is 1. The molecule has 2 saturated heterocycles. The normalized spacial score (nSPS) is 18.6. The maximum Gasteiger partial charge on any atom is 0.256 e. The van der Waals surface area contributed by atoms with Crippen LogP contribution < -0.4 is 29.2 Å². The lowest BCUT2D eigenvalue weighted by molar-refractivity contribution is -0.120. The number of carbonyl (C=O) groups is 3. The third-order valence-corrected chi connectivity index (χ3v) is 10.3. The number of nitrogens with one attached hydrogen (secondary N) is 1. The predicted octanol–water partition coefficient (Wildman–Crippen LogP) is 5.38. The van der Waals surface area contributed by atoms with Crippen molar-refractivity contribution in [2.24, 2.45) is 5.11 Å². The molecule has 0 radical (unpaired) electrons. The molecule has 16 nitrogen and oxygen atoms in total. The molecule has 0 aliphatic carbocycles. The van der Waals surface area contributed by atoms with Gasteiger partial charge in [-0.2, -0.15) is 0 Å². The molecule has 4 aliphatic heterocycles. The van der Waals surface area contributed by atoms with E-state index in [-0.39, 0.29) is 56.0 Å². The number of unbranched alkanes of at least 4 members (excludes halogenated alkanes) is 2. The van der Waals surface area contributed by atoms with E-state index in [1.54, 1.807) is 35.1 Å². The third kappa shape index (κ3) is 9.32. The molecular weight excluding hydrogens is 722 g/mol. The van der Waals surface area contributed by atoms with Crippen LogP contribution in [0, 0.1) is 0 Å². The van der Waals surface area contributed by atoms with Crippen molar-refractivity contribution in [3.8, 4) is 23.0 Å². The first-order valence-electron chi connectivity index (χ1n) is 19.1. The Labute approximate surface area is 326 Å². The Morgan fingerprint density at radius 3 is 2.09 bits per heavy atom. The summed E-state index contributed by atoms with van der Waals surface area (Å²) in [5.41, 5.74) is 12.5. The second-order valence-corrected chi connectivity index (χ2v) is 14.2. The lowest BCUT2D eigenvalue weighted by atomic mass is 10.1. The fourth-order valence-electron chi connectivity index (χ4n) is 7.54. The van der Waals surface area contributed by atoms with E-state index < -0.39 is 0 Å². The van der Waals surface area contributed by atoms with Gasteiger partial charge in [-0.3, -0.25) is 14.4 Å². The first kappa shape index (κ1) is 40.2. The van der Waals surface area contributed by atoms with E-state index in [0.29, 0.717) is 98.8 Å². The molecule has 3 amide bonds. The molecule has 16 heteroatoms. The van der Waals surface area contributed by atoms with Crippen LogP contribution in [-0.4, -0.2) is 126 Å². The second-order valence-electron chi connectivity index (χ2n) is 14.2. The monoisotopic (exact) mass is 773 g/mol. The van der Waals surface area contributed by atoms with Gasteiger partial charge in [0, 0.05) is 49.8 Å². The standard InChI is InChI=1S/C40H51N7O9/c1-26-16-28-22-42-32-20-36(34(51-3)18-30(32)39(49)45(28)23-26)55-10-6-5-7-11-56-37-21-33-31(19-35(37)52-4)40(50)46-24-27(2)17-29(46)25-47(33)38(48)8-12-53-14-15-54-13-9-43-44-41/h18-21,28-29,42H,1-2,5-17,22-25H2,3-4H3/t28-,29-/m0/s1. The largest absolute Gasteiger partial charge is 0.493 e. The number of benzene rings is 2. The van der Waals surface area contributed by atoms with Crippen molar-refractivity contribution < 1.29 is 42.8 Å². The molecule has 2 fully saturated rings. The Bertz CT molecular complexity index is 1860. The number of hydrogen-bond acceptors (Lipinski definition) is 11. The summed E-state index contributed by atoms with van der Waals surface area (Å²) in [7, 11) is 3.09. The number of nitrogens with zero attached hydrogens (tertiary/aromatic N) is 6. The second kappa shape index (κ2) is 18.9. The molecule has 0 unspecified atom stereocenters. The summed E-state index contributed by atoms with van der Waals surface area (Å²) in [6.45, 7) is 12.3. The molecular formula is C40H51N7O9. The van der Waals surface area contributed by atoms with Gasteiger partial charge in [0.05, 0.1) is 94.9 Å². The van der Waals surface area contributed by atoms with Crippen molar-refractivity contribution in [3.05, 3.63) is 70.1 Å². The van der Waals surface area contributed by atoms with Crippen LogP contribution in [0.1, 0.15) is 59.2 Å². The van der Waals surface area contributed by atoms with E-state index in [1.165, 1.54) is 7.11 Å². The van der Waals surface area contributed by atoms with Crippen LogP contribution in [0.5, 0.6) is 23.0 Å². The molecule has 0 spiro atoms. The van der Waals surface area contributed by atoms with Crippen LogP contribution in [0.2, 0.25) is 0 Å². The third-order valence-electron chi connectivity index (χ3n) is 10.3. The summed E-state index contributed by atoms with van der Waals surface area (Å²) >= 11 is 0. The smallest absolute Gasteiger partial charge is 0.256 e. The maximum atomic E-state index is 13.8. The summed E-state index contributed by atoms with van der Waals surface area (Å²) in [5, 5.41) is 6.84. The van der Waals surface area contributed by atoms with Crippen LogP contribution in [0.4, 0.5) is 11.4 Å². The predicted molar refractivity (Wildman–Crippen MR) is 209 cm³/mol. The molecule has 1 N–H and O–H groups in total. The van der Waals surface area contributed by atoms with E-state index in [0.717, 1.165) is 42.5 Å². The quantitative estimate of drug-likeness (QED) is 0.0641. The zero-order valence-electron chi connectivity index (χ0n) is 32.3. The summed E-state index contributed by atoms with van der Waals surface area (Å²) in [6.07, 6.45) is 3.78. The fourth-order valence-corrected chi connectivity index (χ4v) is 7.54. The van der Waals surface area contributed by atoms with Gasteiger partial charge in [0.15, 0.2) is 23.0 Å². The molecule has 0 aromatic heterocycles. The Morgan fingerprint density at radius 2 is 1.41 bits per heavy atom. The van der Waals surface area contributed by atoms with E-state index in [4.69, 9.17) is 34.0 Å². The van der Waals surface area contributed by atoms with Crippen LogP contribution >= 0.6 is 0 Å². The number of rotatable bonds is 19. The van der Waals surface area contributed by atoms with Crippen molar-refractivity contribution >= 4 is 29.1 Å². The van der Waals surface area contributed by atoms with Gasteiger partial charge >= 0.3 is 0 Å². The molecule has 6 rings (SSSR count). The van der Waals surface area contributed by atoms with Gasteiger partial charge in [-0.15, -0.1) is 0 Å². The minimum Gasteiger partial charge on any atom is -0.493 e. The molecule has 300 valence electrons. The van der Waals surface area contributed by atoms with Gasteiger partial charge in [-0.25, -0.2) is 0 Å². The van der Waals surface area contributed by atoms with Gasteiger partial charge in [0.1, 0.15) is 0 Å². The SMILES string of the molecule is C=C1C[C@H]2CNc3cc(OCCCCCOc4cc5c(cc4OC)C(=O)N4CC(=C)C[C@H]4CN5C(=O)CCOCCOCCN=[N+]=[N-])c(OC)cc3C(=O)N2C1. The number of fused-ring (bicyclic) bond motifs is 4. The summed E-state index contributed by atoms with van der Waals surface area (Å²) in [6, 6.07) is 6.86. The minimum atomic E-state index is -0.197. The van der Waals surface area contributed by atoms with Crippen LogP contribution in [0.15, 0.2) is 53.7 Å². The van der Waals surface area contributed by atoms with Crippen LogP contribution in [-0.2, 0) is 14.3 Å². The number of ether oxygens (including phenoxy) is 6. The lowest BCUT2D eigenvalue weighted by Gasteiger charge is -2.26. The molecule has 56 heavy (non-hydrogen) atoms. The van der Waals surface area contributed by atoms with E-state index in [9.17, 15) is 14.4 Å². The van der Waals surface area contributed by atoms with Gasteiger partial charge in [0.25, 0.3) is 11.8 Å². The van der Waals surface area contributed by atoms with Crippen molar-refractivity contribution in [3.63, 3.8) is 0 Å². The number of amides is 3. The molecule has 2 atom stereocenters. The van der Waals surface area contributed by atoms with Crippen molar-refractivity contribution in [2.75, 3.05) is 96.8 Å². The number of hydrogen-bond donors (Lipinski definition) is 1. The molecule has 2 aromatic carbocycles. The number of anilines is 2. The zero-order valence-corrected chi connectivity index (χ0v) is 32.3. The topological polar surface area (TPSA) is 177 Å². The minimum absolute atomic E-state index is 0.0355. The van der Waals surface area contributed by atoms with Crippen LogP contribution in [0.25, 0.3) is 10.4 Å². The Kier molecular flexibility index (Phi) is 13.6. The highest BCUT2D eigenvalue weighted by atomic mass is 16.5. The van der Waals surface area contributed by atoms with Crippen molar-refractivity contribution in [2.45, 2.75) is 50.6 Å². The number of carbonyl (C=O) groups excluding carboxylic acids is 3. The Hall–Kier alpha value is -5.44. The summed E-state index contributed by atoms with van der Waals surface area (Å²) < 4.78 is 34.6. The summed E-state index contributed by atoms with van der Waals surface area (Å²) in [5.74, 6) is 1.52. The Balaban J connectivity index is 1.03. The van der Waals surface area contributed by atoms with E-state index in [2.05, 4.69) is 28.5 Å². The van der Waals surface area contributed by atoms with Crippen molar-refractivity contribution in [1.82, 2.24) is 9.80 Å². The van der Waals surface area contributed by atoms with Gasteiger partial charge < -0.3 is 48.4 Å². The van der Waals surface area contributed by atoms with Gasteiger partial charge in [-0.1, -0.05) is 29.4 Å². The van der Waals surface area contributed by atoms with E-state index >= 15 is 0 Å². The van der Waals surface area contributed by atoms with Gasteiger partial charge in [-0.05, 0) is 49.8 Å². The summed E-state index contributed by atoms with van der Waals surface area (Å²) in [4.78, 5) is 48.9. The highest BCUT2D eigenvalue weighted by Crippen LogP contribution is 2.41. The first-order valence-corrected chi connectivity index (χ1v) is 19.1. The number of methoxy groups -OCH3 is 2. The maximum absolute atomic E-state index is 13.8. The van der Waals surface area contributed by atoms with Crippen LogP contribution in [0.3, 0.4) is 0 Å². The average Bonchev–Trinajstić information content (AvgIpc) is 3.71. The molecule has 0 saturated carbocycles. The molecule has 0 bridgehead atoms. The molecule has 2 aromatic rings. The Morgan fingerprint density at radius 1 is 0.804 bits per heavy atom. The van der Waals surface area contributed by atoms with E-state index in [1.807, 2.05) is 11.0 Å².